The zero-order valence-corrected chi connectivity index (χ0v) is 17.3. The molecule has 2 heterocycles. The summed E-state index contributed by atoms with van der Waals surface area (Å²) in [7, 11) is 0. The maximum absolute atomic E-state index is 12.8. The van der Waals surface area contributed by atoms with Gasteiger partial charge >= 0.3 is 0 Å². The highest BCUT2D eigenvalue weighted by Gasteiger charge is 2.27. The van der Waals surface area contributed by atoms with Crippen molar-refractivity contribution in [2.45, 2.75) is 32.1 Å². The fraction of sp³-hybridized carbons (Fsp3) is 0.381. The molecule has 0 atom stereocenters. The van der Waals surface area contributed by atoms with Crippen LogP contribution in [0.5, 0.6) is 5.75 Å². The molecule has 6 nitrogen and oxygen atoms in total. The van der Waals surface area contributed by atoms with E-state index in [1.807, 2.05) is 0 Å². The van der Waals surface area contributed by atoms with E-state index in [2.05, 4.69) is 28.4 Å². The smallest absolute Gasteiger partial charge is 0.295 e. The van der Waals surface area contributed by atoms with Gasteiger partial charge in [-0.15, -0.1) is 0 Å². The Kier molecular flexibility index (Phi) is 5.92. The number of piperidine rings is 1. The zero-order chi connectivity index (χ0) is 20.4. The predicted octanol–water partition coefficient (Wildman–Crippen LogP) is 5.27. The van der Waals surface area contributed by atoms with Crippen LogP contribution in [0.15, 0.2) is 40.5 Å². The first-order valence-electron chi connectivity index (χ1n) is 9.67. The van der Waals surface area contributed by atoms with Crippen molar-refractivity contribution >= 4 is 29.1 Å². The van der Waals surface area contributed by atoms with Crippen molar-refractivity contribution in [3.05, 3.63) is 51.8 Å². The Labute approximate surface area is 178 Å². The fourth-order valence-corrected chi connectivity index (χ4v) is 4.28. The number of nitrogens with zero attached hydrogens (tertiary/aromatic N) is 3. The lowest BCUT2D eigenvalue weighted by atomic mass is 9.87. The Morgan fingerprint density at radius 3 is 2.62 bits per heavy atom. The highest BCUT2D eigenvalue weighted by atomic mass is 35.5. The summed E-state index contributed by atoms with van der Waals surface area (Å²) in [6.45, 7) is 1.38. The van der Waals surface area contributed by atoms with Gasteiger partial charge in [0.05, 0.1) is 10.0 Å². The highest BCUT2D eigenvalue weighted by Crippen LogP contribution is 2.36. The van der Waals surface area contributed by atoms with Gasteiger partial charge in [-0.05, 0) is 50.2 Å². The van der Waals surface area contributed by atoms with Crippen LogP contribution in [-0.2, 0) is 0 Å². The molecular formula is C21H21Cl2N3O3. The number of aromatic nitrogens is 2. The summed E-state index contributed by atoms with van der Waals surface area (Å²) in [5.41, 5.74) is 1.95. The van der Waals surface area contributed by atoms with Gasteiger partial charge in [-0.3, -0.25) is 4.79 Å². The first-order valence-corrected chi connectivity index (χ1v) is 10.4. The minimum Gasteiger partial charge on any atom is -0.505 e. The van der Waals surface area contributed by atoms with Crippen molar-refractivity contribution in [3.8, 4) is 17.2 Å². The Balaban J connectivity index is 1.38. The molecule has 1 fully saturated rings. The largest absolute Gasteiger partial charge is 0.505 e. The quantitative estimate of drug-likeness (QED) is 0.710. The van der Waals surface area contributed by atoms with Gasteiger partial charge < -0.3 is 14.5 Å². The molecule has 8 heteroatoms. The summed E-state index contributed by atoms with van der Waals surface area (Å²) in [5, 5.41) is 13.6. The summed E-state index contributed by atoms with van der Waals surface area (Å²) >= 11 is 11.9. The van der Waals surface area contributed by atoms with Gasteiger partial charge in [0, 0.05) is 18.7 Å². The van der Waals surface area contributed by atoms with Crippen LogP contribution in [0, 0.1) is 5.92 Å². The van der Waals surface area contributed by atoms with Gasteiger partial charge in [0.25, 0.3) is 17.6 Å². The highest BCUT2D eigenvalue weighted by molar-refractivity contribution is 6.37. The summed E-state index contributed by atoms with van der Waals surface area (Å²) in [6.07, 6.45) is 11.9. The third kappa shape index (κ3) is 4.49. The molecule has 2 aromatic rings. The van der Waals surface area contributed by atoms with Crippen molar-refractivity contribution < 1.29 is 14.4 Å². The molecule has 1 aliphatic heterocycles. The zero-order valence-electron chi connectivity index (χ0n) is 15.8. The van der Waals surface area contributed by atoms with Gasteiger partial charge in [-0.25, -0.2) is 0 Å². The first kappa shape index (κ1) is 20.0. The first-order chi connectivity index (χ1) is 14.0. The molecular weight excluding hydrogens is 413 g/mol. The number of aromatic hydroxyl groups is 1. The maximum Gasteiger partial charge on any atom is 0.295 e. The molecule has 4 rings (SSSR count). The molecule has 1 N–H and O–H groups in total. The number of hydrogen-bond donors (Lipinski definition) is 1. The fourth-order valence-electron chi connectivity index (χ4n) is 3.79. The lowest BCUT2D eigenvalue weighted by Gasteiger charge is -2.31. The number of benzene rings is 1. The van der Waals surface area contributed by atoms with Crippen LogP contribution in [0.4, 0.5) is 0 Å². The van der Waals surface area contributed by atoms with Crippen LogP contribution >= 0.6 is 23.2 Å². The molecule has 0 spiro atoms. The topological polar surface area (TPSA) is 79.5 Å². The number of carbonyl (C=O) groups is 1. The van der Waals surface area contributed by atoms with Crippen LogP contribution in [0.3, 0.4) is 0 Å². The number of amides is 1. The van der Waals surface area contributed by atoms with E-state index in [-0.39, 0.29) is 33.4 Å². The average molecular weight is 434 g/mol. The summed E-state index contributed by atoms with van der Waals surface area (Å²) in [4.78, 5) is 18.7. The molecule has 0 saturated carbocycles. The van der Waals surface area contributed by atoms with Gasteiger partial charge in [0.1, 0.15) is 0 Å². The molecule has 1 aromatic heterocycles. The molecule has 1 aliphatic carbocycles. The van der Waals surface area contributed by atoms with E-state index in [0.717, 1.165) is 32.1 Å². The lowest BCUT2D eigenvalue weighted by molar-refractivity contribution is 0.0674. The van der Waals surface area contributed by atoms with Crippen LogP contribution in [0.1, 0.15) is 42.7 Å². The average Bonchev–Trinajstić information content (AvgIpc) is 3.23. The SMILES string of the molecule is O=C(c1noc(-c2cc(Cl)c(O)c(Cl)c2)n1)N1CCC(CC2=CC=CCC2)CC1. The monoisotopic (exact) mass is 433 g/mol. The normalized spacial score (nSPS) is 17.4. The number of phenols is 1. The van der Waals surface area contributed by atoms with E-state index < -0.39 is 0 Å². The van der Waals surface area contributed by atoms with Crippen LogP contribution in [0.25, 0.3) is 11.5 Å². The van der Waals surface area contributed by atoms with E-state index in [1.165, 1.54) is 17.7 Å². The van der Waals surface area contributed by atoms with Crippen molar-refractivity contribution in [1.29, 1.82) is 0 Å². The van der Waals surface area contributed by atoms with Crippen LogP contribution in [0.2, 0.25) is 10.0 Å². The lowest BCUT2D eigenvalue weighted by Crippen LogP contribution is -2.39. The molecule has 1 aromatic carbocycles. The summed E-state index contributed by atoms with van der Waals surface area (Å²) in [5.74, 6) is 0.298. The number of hydrogen-bond acceptors (Lipinski definition) is 5. The summed E-state index contributed by atoms with van der Waals surface area (Å²) < 4.78 is 5.21. The Morgan fingerprint density at radius 1 is 1.24 bits per heavy atom. The second kappa shape index (κ2) is 8.59. The molecule has 29 heavy (non-hydrogen) atoms. The molecule has 2 aliphatic rings. The summed E-state index contributed by atoms with van der Waals surface area (Å²) in [6, 6.07) is 2.93. The predicted molar refractivity (Wildman–Crippen MR) is 111 cm³/mol. The Morgan fingerprint density at radius 2 is 1.97 bits per heavy atom. The Bertz CT molecular complexity index is 952. The van der Waals surface area contributed by atoms with Gasteiger partial charge in [0.15, 0.2) is 5.75 Å². The molecule has 0 bridgehead atoms. The number of likely N-dealkylation sites (tertiary alicyclic amines) is 1. The number of rotatable bonds is 4. The third-order valence-electron chi connectivity index (χ3n) is 5.43. The molecule has 152 valence electrons. The van der Waals surface area contributed by atoms with E-state index in [4.69, 9.17) is 27.7 Å². The number of carbonyl (C=O) groups excluding carboxylic acids is 1. The number of phenolic OH excluding ortho intramolecular Hbond substituents is 1. The second-order valence-electron chi connectivity index (χ2n) is 7.44. The molecule has 0 radical (unpaired) electrons. The second-order valence-corrected chi connectivity index (χ2v) is 8.26. The van der Waals surface area contributed by atoms with Gasteiger partial charge in [0.2, 0.25) is 0 Å². The number of allylic oxidation sites excluding steroid dienone is 4. The van der Waals surface area contributed by atoms with Crippen molar-refractivity contribution in [3.63, 3.8) is 0 Å². The molecule has 1 amide bonds. The van der Waals surface area contributed by atoms with Crippen molar-refractivity contribution in [1.82, 2.24) is 15.0 Å². The molecule has 0 unspecified atom stereocenters. The van der Waals surface area contributed by atoms with Crippen molar-refractivity contribution in [2.24, 2.45) is 5.92 Å². The van der Waals surface area contributed by atoms with Crippen LogP contribution < -0.4 is 0 Å². The third-order valence-corrected chi connectivity index (χ3v) is 6.01. The minimum absolute atomic E-state index is 0.0129. The van der Waals surface area contributed by atoms with E-state index in [9.17, 15) is 9.90 Å². The minimum atomic E-state index is -0.241. The number of halogens is 2. The van der Waals surface area contributed by atoms with E-state index in [1.54, 1.807) is 4.90 Å². The van der Waals surface area contributed by atoms with Gasteiger partial charge in [-0.2, -0.15) is 4.98 Å². The van der Waals surface area contributed by atoms with Crippen LogP contribution in [-0.4, -0.2) is 39.1 Å². The van der Waals surface area contributed by atoms with E-state index >= 15 is 0 Å². The molecule has 1 saturated heterocycles. The van der Waals surface area contributed by atoms with Crippen molar-refractivity contribution in [2.75, 3.05) is 13.1 Å². The van der Waals surface area contributed by atoms with Gasteiger partial charge in [-0.1, -0.05) is 52.2 Å². The standard InChI is InChI=1S/C21H21Cl2N3O3/c22-16-11-15(12-17(23)18(16)27)20-24-19(25-29-20)21(28)26-8-6-14(7-9-26)10-13-4-2-1-3-5-13/h1-2,4,11-12,14,27H,3,5-10H2. The maximum atomic E-state index is 12.8. The van der Waals surface area contributed by atoms with E-state index in [0.29, 0.717) is 24.6 Å². The Hall–Kier alpha value is -2.31.